The van der Waals surface area contributed by atoms with Gasteiger partial charge in [0, 0.05) is 11.8 Å². The molecule has 1 amide bonds. The van der Waals surface area contributed by atoms with Gasteiger partial charge in [-0.1, -0.05) is 13.8 Å². The van der Waals surface area contributed by atoms with Crippen LogP contribution in [0, 0.1) is 0 Å². The number of carbonyl (C=O) groups is 2. The van der Waals surface area contributed by atoms with E-state index in [-0.39, 0.29) is 18.2 Å². The summed E-state index contributed by atoms with van der Waals surface area (Å²) in [6, 6.07) is -0.662. The molecule has 7 heteroatoms. The molecular weight excluding hydrogens is 244 g/mol. The van der Waals surface area contributed by atoms with E-state index in [1.165, 1.54) is 0 Å². The van der Waals surface area contributed by atoms with E-state index in [9.17, 15) is 14.7 Å². The molecule has 0 aliphatic rings. The SMILES string of the molecule is CCSC(C)[C@H](N)C(O)C(=O)NCCC(=O)O. The maximum absolute atomic E-state index is 11.4. The summed E-state index contributed by atoms with van der Waals surface area (Å²) in [6.45, 7) is 3.80. The Balaban J connectivity index is 4.06. The van der Waals surface area contributed by atoms with Crippen molar-refractivity contribution in [3.8, 4) is 0 Å². The molecule has 6 nitrogen and oxygen atoms in total. The molecule has 2 unspecified atom stereocenters. The van der Waals surface area contributed by atoms with E-state index < -0.39 is 24.0 Å². The maximum Gasteiger partial charge on any atom is 0.305 e. The van der Waals surface area contributed by atoms with Gasteiger partial charge in [0.1, 0.15) is 6.10 Å². The standard InChI is InChI=1S/C10H20N2O4S/c1-3-17-6(2)8(11)9(15)10(16)12-5-4-7(13)14/h6,8-9,15H,3-5,11H2,1-2H3,(H,12,16)(H,13,14)/t6?,8-,9?/m0/s1. The Morgan fingerprint density at radius 3 is 2.53 bits per heavy atom. The number of aliphatic carboxylic acids is 1. The lowest BCUT2D eigenvalue weighted by molar-refractivity contribution is -0.137. The highest BCUT2D eigenvalue weighted by Gasteiger charge is 2.27. The second kappa shape index (κ2) is 8.32. The van der Waals surface area contributed by atoms with E-state index in [0.29, 0.717) is 0 Å². The van der Waals surface area contributed by atoms with Gasteiger partial charge in [0.05, 0.1) is 12.5 Å². The first kappa shape index (κ1) is 16.2. The molecule has 0 spiro atoms. The van der Waals surface area contributed by atoms with E-state index >= 15 is 0 Å². The van der Waals surface area contributed by atoms with Crippen molar-refractivity contribution >= 4 is 23.6 Å². The van der Waals surface area contributed by atoms with Crippen molar-refractivity contribution in [2.24, 2.45) is 5.73 Å². The zero-order chi connectivity index (χ0) is 13.4. The van der Waals surface area contributed by atoms with Gasteiger partial charge in [0.2, 0.25) is 0 Å². The number of nitrogens with one attached hydrogen (secondary N) is 1. The number of carbonyl (C=O) groups excluding carboxylic acids is 1. The van der Waals surface area contributed by atoms with E-state index in [1.807, 2.05) is 13.8 Å². The fraction of sp³-hybridized carbons (Fsp3) is 0.800. The molecule has 0 rings (SSSR count). The molecule has 0 bridgehead atoms. The Morgan fingerprint density at radius 1 is 1.47 bits per heavy atom. The molecule has 0 radical (unpaired) electrons. The number of aliphatic hydroxyl groups excluding tert-OH is 1. The van der Waals surface area contributed by atoms with Crippen LogP contribution in [0.4, 0.5) is 0 Å². The Kier molecular flexibility index (Phi) is 7.94. The van der Waals surface area contributed by atoms with Crippen molar-refractivity contribution in [1.82, 2.24) is 5.32 Å². The first-order valence-corrected chi connectivity index (χ1v) is 6.49. The normalized spacial score (nSPS) is 16.0. The number of carboxylic acids is 1. The van der Waals surface area contributed by atoms with Gasteiger partial charge in [-0.2, -0.15) is 11.8 Å². The number of hydrogen-bond donors (Lipinski definition) is 4. The molecular formula is C10H20N2O4S. The molecule has 100 valence electrons. The predicted octanol–water partition coefficient (Wildman–Crippen LogP) is -0.593. The highest BCUT2D eigenvalue weighted by atomic mass is 32.2. The molecule has 0 aliphatic heterocycles. The first-order chi connectivity index (χ1) is 7.90. The smallest absolute Gasteiger partial charge is 0.305 e. The summed E-state index contributed by atoms with van der Waals surface area (Å²) in [5.74, 6) is -0.774. The Labute approximate surface area is 105 Å². The van der Waals surface area contributed by atoms with Gasteiger partial charge in [0.25, 0.3) is 5.91 Å². The second-order valence-corrected chi connectivity index (χ2v) is 5.27. The third-order valence-electron chi connectivity index (χ3n) is 2.24. The average Bonchev–Trinajstić information content (AvgIpc) is 2.26. The summed E-state index contributed by atoms with van der Waals surface area (Å²) in [7, 11) is 0. The molecule has 0 aromatic rings. The molecule has 0 saturated heterocycles. The lowest BCUT2D eigenvalue weighted by atomic mass is 10.1. The van der Waals surface area contributed by atoms with Crippen LogP contribution in [-0.2, 0) is 9.59 Å². The van der Waals surface area contributed by atoms with Crippen LogP contribution in [0.5, 0.6) is 0 Å². The number of rotatable bonds is 8. The van der Waals surface area contributed by atoms with Gasteiger partial charge >= 0.3 is 5.97 Å². The number of hydrogen-bond acceptors (Lipinski definition) is 5. The summed E-state index contributed by atoms with van der Waals surface area (Å²) < 4.78 is 0. The van der Waals surface area contributed by atoms with Crippen LogP contribution in [0.3, 0.4) is 0 Å². The first-order valence-electron chi connectivity index (χ1n) is 5.44. The van der Waals surface area contributed by atoms with Gasteiger partial charge in [-0.25, -0.2) is 0 Å². The van der Waals surface area contributed by atoms with Crippen LogP contribution in [-0.4, -0.2) is 51.8 Å². The number of nitrogens with two attached hydrogens (primary N) is 1. The third-order valence-corrected chi connectivity index (χ3v) is 3.42. The largest absolute Gasteiger partial charge is 0.481 e. The zero-order valence-corrected chi connectivity index (χ0v) is 10.9. The summed E-state index contributed by atoms with van der Waals surface area (Å²) in [4.78, 5) is 21.7. The molecule has 0 aromatic carbocycles. The van der Waals surface area contributed by atoms with Crippen LogP contribution in [0.2, 0.25) is 0 Å². The van der Waals surface area contributed by atoms with Gasteiger partial charge < -0.3 is 21.3 Å². The quantitative estimate of drug-likeness (QED) is 0.466. The van der Waals surface area contributed by atoms with Crippen molar-refractivity contribution in [3.05, 3.63) is 0 Å². The Hall–Kier alpha value is -0.790. The van der Waals surface area contributed by atoms with Crippen LogP contribution in [0.1, 0.15) is 20.3 Å². The monoisotopic (exact) mass is 264 g/mol. The van der Waals surface area contributed by atoms with E-state index in [4.69, 9.17) is 10.8 Å². The molecule has 0 heterocycles. The molecule has 0 saturated carbocycles. The Bertz CT molecular complexity index is 263. The minimum Gasteiger partial charge on any atom is -0.481 e. The minimum atomic E-state index is -1.31. The van der Waals surface area contributed by atoms with Crippen molar-refractivity contribution < 1.29 is 19.8 Å². The van der Waals surface area contributed by atoms with Crippen molar-refractivity contribution in [2.45, 2.75) is 37.7 Å². The maximum atomic E-state index is 11.4. The lowest BCUT2D eigenvalue weighted by Gasteiger charge is -2.23. The van der Waals surface area contributed by atoms with Crippen LogP contribution >= 0.6 is 11.8 Å². The molecule has 0 fully saturated rings. The van der Waals surface area contributed by atoms with Crippen LogP contribution in [0.25, 0.3) is 0 Å². The van der Waals surface area contributed by atoms with E-state index in [1.54, 1.807) is 11.8 Å². The molecule has 0 aromatic heterocycles. The predicted molar refractivity (Wildman–Crippen MR) is 66.8 cm³/mol. The number of amides is 1. The summed E-state index contributed by atoms with van der Waals surface area (Å²) >= 11 is 1.55. The number of thioether (sulfide) groups is 1. The molecule has 17 heavy (non-hydrogen) atoms. The van der Waals surface area contributed by atoms with Crippen molar-refractivity contribution in [1.29, 1.82) is 0 Å². The van der Waals surface area contributed by atoms with Gasteiger partial charge in [-0.15, -0.1) is 0 Å². The Morgan fingerprint density at radius 2 is 2.06 bits per heavy atom. The summed E-state index contributed by atoms with van der Waals surface area (Å²) in [5.41, 5.74) is 5.73. The van der Waals surface area contributed by atoms with Crippen molar-refractivity contribution in [3.63, 3.8) is 0 Å². The molecule has 3 atom stereocenters. The van der Waals surface area contributed by atoms with Gasteiger partial charge in [-0.3, -0.25) is 9.59 Å². The zero-order valence-electron chi connectivity index (χ0n) is 10.0. The number of carboxylic acid groups (broad SMARTS) is 1. The fourth-order valence-corrected chi connectivity index (χ4v) is 2.10. The summed E-state index contributed by atoms with van der Waals surface area (Å²) in [6.07, 6.45) is -1.48. The molecule has 5 N–H and O–H groups in total. The second-order valence-electron chi connectivity index (χ2n) is 3.62. The average molecular weight is 264 g/mol. The topological polar surface area (TPSA) is 113 Å². The van der Waals surface area contributed by atoms with Crippen molar-refractivity contribution in [2.75, 3.05) is 12.3 Å². The fourth-order valence-electron chi connectivity index (χ4n) is 1.20. The molecule has 0 aliphatic carbocycles. The van der Waals surface area contributed by atoms with Gasteiger partial charge in [-0.05, 0) is 5.75 Å². The van der Waals surface area contributed by atoms with Crippen LogP contribution < -0.4 is 11.1 Å². The van der Waals surface area contributed by atoms with Crippen LogP contribution in [0.15, 0.2) is 0 Å². The minimum absolute atomic E-state index is 0.00670. The number of aliphatic hydroxyl groups is 1. The lowest BCUT2D eigenvalue weighted by Crippen LogP contribution is -2.50. The van der Waals surface area contributed by atoms with E-state index in [0.717, 1.165) is 5.75 Å². The third kappa shape index (κ3) is 6.50. The highest BCUT2D eigenvalue weighted by Crippen LogP contribution is 2.14. The summed E-state index contributed by atoms with van der Waals surface area (Å²) in [5, 5.41) is 20.3. The van der Waals surface area contributed by atoms with E-state index in [2.05, 4.69) is 5.32 Å². The van der Waals surface area contributed by atoms with Gasteiger partial charge in [0.15, 0.2) is 0 Å². The highest BCUT2D eigenvalue weighted by molar-refractivity contribution is 7.99.